The first kappa shape index (κ1) is 19.7. The lowest BCUT2D eigenvalue weighted by atomic mass is 9.98. The Bertz CT molecular complexity index is 1220. The quantitative estimate of drug-likeness (QED) is 0.657. The highest BCUT2D eigenvalue weighted by atomic mass is 35.5. The molecule has 0 fully saturated rings. The van der Waals surface area contributed by atoms with Crippen molar-refractivity contribution in [3.63, 3.8) is 0 Å². The number of amides is 2. The first-order valence-corrected chi connectivity index (χ1v) is 10.5. The van der Waals surface area contributed by atoms with E-state index in [9.17, 15) is 9.59 Å². The Morgan fingerprint density at radius 3 is 2.52 bits per heavy atom. The summed E-state index contributed by atoms with van der Waals surface area (Å²) in [6.07, 6.45) is 2.29. The van der Waals surface area contributed by atoms with Crippen LogP contribution in [0.2, 0.25) is 10.0 Å². The Morgan fingerprint density at radius 1 is 1.03 bits per heavy atom. The van der Waals surface area contributed by atoms with Gasteiger partial charge in [0.05, 0.1) is 27.0 Å². The van der Waals surface area contributed by atoms with E-state index in [-0.39, 0.29) is 21.5 Å². The third kappa shape index (κ3) is 3.38. The van der Waals surface area contributed by atoms with Crippen LogP contribution in [0.3, 0.4) is 0 Å². The lowest BCUT2D eigenvalue weighted by molar-refractivity contribution is -0.120. The van der Waals surface area contributed by atoms with Crippen molar-refractivity contribution in [3.05, 3.63) is 93.2 Å². The molecule has 1 atom stereocenters. The van der Waals surface area contributed by atoms with Crippen molar-refractivity contribution in [2.45, 2.75) is 12.6 Å². The Hall–Kier alpha value is -3.22. The molecule has 154 valence electrons. The Labute approximate surface area is 188 Å². The average molecular weight is 451 g/mol. The number of carbonyl (C=O) groups excluding carboxylic acids is 2. The molecule has 31 heavy (non-hydrogen) atoms. The summed E-state index contributed by atoms with van der Waals surface area (Å²) in [4.78, 5) is 36.7. The Kier molecular flexibility index (Phi) is 4.96. The van der Waals surface area contributed by atoms with Crippen LogP contribution in [0.4, 0.5) is 5.69 Å². The predicted molar refractivity (Wildman–Crippen MR) is 120 cm³/mol. The highest BCUT2D eigenvalue weighted by molar-refractivity contribution is 6.39. The fraction of sp³-hybridized carbons (Fsp3) is 0.130. The van der Waals surface area contributed by atoms with Gasteiger partial charge in [-0.15, -0.1) is 0 Å². The molecule has 5 rings (SSSR count). The molecule has 0 aliphatic carbocycles. The van der Waals surface area contributed by atoms with E-state index in [0.29, 0.717) is 12.3 Å². The van der Waals surface area contributed by atoms with Crippen molar-refractivity contribution in [2.24, 2.45) is 4.99 Å². The maximum absolute atomic E-state index is 13.4. The summed E-state index contributed by atoms with van der Waals surface area (Å²) in [5.74, 6) is -0.885. The van der Waals surface area contributed by atoms with Gasteiger partial charge >= 0.3 is 0 Å². The van der Waals surface area contributed by atoms with Crippen molar-refractivity contribution >= 4 is 46.4 Å². The largest absolute Gasteiger partial charge is 0.322 e. The molecule has 3 heterocycles. The number of nitrogens with one attached hydrogen (secondary N) is 1. The molecule has 0 bridgehead atoms. The zero-order valence-electron chi connectivity index (χ0n) is 16.2. The SMILES string of the molecule is O=C(N[C@@H]1N=C(c2ccccc2)c2cccc3c2N(CC3)C1=O)c1c(Cl)cncc1Cl. The summed E-state index contributed by atoms with van der Waals surface area (Å²) in [5, 5.41) is 2.92. The molecule has 2 aliphatic rings. The van der Waals surface area contributed by atoms with Crippen molar-refractivity contribution in [2.75, 3.05) is 11.4 Å². The molecule has 8 heteroatoms. The van der Waals surface area contributed by atoms with Gasteiger partial charge in [-0.3, -0.25) is 14.6 Å². The molecule has 0 saturated carbocycles. The monoisotopic (exact) mass is 450 g/mol. The highest BCUT2D eigenvalue weighted by Gasteiger charge is 2.37. The number of nitrogens with zero attached hydrogens (tertiary/aromatic N) is 3. The van der Waals surface area contributed by atoms with Gasteiger partial charge in [-0.1, -0.05) is 71.7 Å². The maximum Gasteiger partial charge on any atom is 0.272 e. The Morgan fingerprint density at radius 2 is 1.77 bits per heavy atom. The van der Waals surface area contributed by atoms with Gasteiger partial charge in [0.15, 0.2) is 0 Å². The number of halogens is 2. The second-order valence-electron chi connectivity index (χ2n) is 7.25. The molecule has 3 aromatic rings. The van der Waals surface area contributed by atoms with E-state index in [0.717, 1.165) is 28.8 Å². The minimum absolute atomic E-state index is 0.0615. The topological polar surface area (TPSA) is 74.7 Å². The second kappa shape index (κ2) is 7.80. The van der Waals surface area contributed by atoms with Crippen molar-refractivity contribution in [1.82, 2.24) is 10.3 Å². The van der Waals surface area contributed by atoms with Gasteiger partial charge in [0.25, 0.3) is 11.8 Å². The van der Waals surface area contributed by atoms with E-state index >= 15 is 0 Å². The third-order valence-corrected chi connectivity index (χ3v) is 5.98. The molecular weight excluding hydrogens is 435 g/mol. The number of benzene rings is 2. The molecule has 1 N–H and O–H groups in total. The van der Waals surface area contributed by atoms with E-state index < -0.39 is 12.1 Å². The summed E-state index contributed by atoms with van der Waals surface area (Å²) in [5.41, 5.74) is 4.37. The second-order valence-corrected chi connectivity index (χ2v) is 8.07. The number of rotatable bonds is 3. The van der Waals surface area contributed by atoms with Gasteiger partial charge in [-0.25, -0.2) is 4.99 Å². The van der Waals surface area contributed by atoms with E-state index in [1.54, 1.807) is 4.90 Å². The van der Waals surface area contributed by atoms with Gasteiger partial charge in [-0.05, 0) is 12.0 Å². The zero-order chi connectivity index (χ0) is 21.5. The first-order chi connectivity index (χ1) is 15.0. The van der Waals surface area contributed by atoms with Crippen LogP contribution in [0, 0.1) is 0 Å². The van der Waals surface area contributed by atoms with Crippen LogP contribution in [0.1, 0.15) is 27.0 Å². The number of hydrogen-bond acceptors (Lipinski definition) is 4. The van der Waals surface area contributed by atoms with Crippen LogP contribution < -0.4 is 10.2 Å². The van der Waals surface area contributed by atoms with Gasteiger partial charge in [0, 0.05) is 30.1 Å². The molecule has 0 saturated heterocycles. The molecule has 1 aromatic heterocycles. The van der Waals surface area contributed by atoms with Crippen LogP contribution in [0.5, 0.6) is 0 Å². The number of aromatic nitrogens is 1. The van der Waals surface area contributed by atoms with E-state index in [1.165, 1.54) is 12.4 Å². The molecule has 6 nitrogen and oxygen atoms in total. The number of anilines is 1. The summed E-state index contributed by atoms with van der Waals surface area (Å²) in [7, 11) is 0. The van der Waals surface area contributed by atoms with Gasteiger partial charge in [0.2, 0.25) is 6.17 Å². The van der Waals surface area contributed by atoms with Crippen LogP contribution >= 0.6 is 23.2 Å². The van der Waals surface area contributed by atoms with Gasteiger partial charge in [0.1, 0.15) is 0 Å². The van der Waals surface area contributed by atoms with E-state index in [2.05, 4.69) is 10.3 Å². The summed E-state index contributed by atoms with van der Waals surface area (Å²) >= 11 is 12.3. The number of pyridine rings is 1. The smallest absolute Gasteiger partial charge is 0.272 e. The molecule has 2 amide bonds. The standard InChI is InChI=1S/C23H16Cl2N4O2/c24-16-11-26-12-17(25)18(16)22(30)28-21-23(31)29-10-9-14-7-4-8-15(20(14)29)19(27-21)13-5-2-1-3-6-13/h1-8,11-12,21H,9-10H2,(H,28,30)/t21-/m0/s1. The van der Waals surface area contributed by atoms with Gasteiger partial charge < -0.3 is 10.2 Å². The molecular formula is C23H16Cl2N4O2. The summed E-state index contributed by atoms with van der Waals surface area (Å²) < 4.78 is 0. The number of carbonyl (C=O) groups is 2. The minimum Gasteiger partial charge on any atom is -0.322 e. The Balaban J connectivity index is 1.62. The summed E-state index contributed by atoms with van der Waals surface area (Å²) in [6, 6.07) is 15.5. The van der Waals surface area contributed by atoms with Crippen LogP contribution in [0.15, 0.2) is 65.9 Å². The third-order valence-electron chi connectivity index (χ3n) is 5.40. The van der Waals surface area contributed by atoms with Crippen LogP contribution in [-0.4, -0.2) is 35.2 Å². The predicted octanol–water partition coefficient (Wildman–Crippen LogP) is 3.88. The molecule has 0 radical (unpaired) electrons. The van der Waals surface area contributed by atoms with Crippen molar-refractivity contribution in [1.29, 1.82) is 0 Å². The first-order valence-electron chi connectivity index (χ1n) is 9.71. The molecule has 0 unspecified atom stereocenters. The summed E-state index contributed by atoms with van der Waals surface area (Å²) in [6.45, 7) is 0.534. The fourth-order valence-corrected chi connectivity index (χ4v) is 4.55. The zero-order valence-corrected chi connectivity index (χ0v) is 17.7. The maximum atomic E-state index is 13.4. The van der Waals surface area contributed by atoms with Gasteiger partial charge in [-0.2, -0.15) is 0 Å². The molecule has 0 spiro atoms. The number of aliphatic imine (C=N–C) groups is 1. The van der Waals surface area contributed by atoms with Crippen LogP contribution in [0.25, 0.3) is 0 Å². The number of para-hydroxylation sites is 1. The minimum atomic E-state index is -1.12. The average Bonchev–Trinajstić information content (AvgIpc) is 3.16. The van der Waals surface area contributed by atoms with E-state index in [1.807, 2.05) is 48.5 Å². The van der Waals surface area contributed by atoms with E-state index in [4.69, 9.17) is 28.2 Å². The number of hydrogen-bond donors (Lipinski definition) is 1. The lowest BCUT2D eigenvalue weighted by Crippen LogP contribution is -2.47. The molecule has 2 aromatic carbocycles. The normalized spacial score (nSPS) is 17.1. The van der Waals surface area contributed by atoms with Crippen LogP contribution in [-0.2, 0) is 11.2 Å². The highest BCUT2D eigenvalue weighted by Crippen LogP contribution is 2.36. The lowest BCUT2D eigenvalue weighted by Gasteiger charge is -2.21. The fourth-order valence-electron chi connectivity index (χ4n) is 4.01. The van der Waals surface area contributed by atoms with Crippen molar-refractivity contribution < 1.29 is 9.59 Å². The van der Waals surface area contributed by atoms with Crippen molar-refractivity contribution in [3.8, 4) is 0 Å². The molecule has 2 aliphatic heterocycles.